The number of hydrogen-bond donors (Lipinski definition) is 0. The number of nitrogens with zero attached hydrogens (tertiary/aromatic N) is 3. The van der Waals surface area contributed by atoms with E-state index in [1.807, 2.05) is 36.1 Å². The second-order valence-electron chi connectivity index (χ2n) is 7.52. The maximum atomic E-state index is 12.8. The molecule has 2 saturated heterocycles. The zero-order valence-electron chi connectivity index (χ0n) is 15.9. The van der Waals surface area contributed by atoms with Crippen LogP contribution in [0.3, 0.4) is 0 Å². The highest BCUT2D eigenvalue weighted by atomic mass is 32.2. The summed E-state index contributed by atoms with van der Waals surface area (Å²) in [7, 11) is -3.15. The monoisotopic (exact) mass is 379 g/mol. The van der Waals surface area contributed by atoms with Crippen LogP contribution < -0.4 is 0 Å². The fourth-order valence-corrected chi connectivity index (χ4v) is 5.14. The zero-order chi connectivity index (χ0) is 18.9. The van der Waals surface area contributed by atoms with Crippen molar-refractivity contribution in [3.05, 3.63) is 35.4 Å². The minimum absolute atomic E-state index is 0.0949. The molecule has 1 atom stereocenters. The quantitative estimate of drug-likeness (QED) is 0.797. The molecule has 6 nitrogen and oxygen atoms in total. The van der Waals surface area contributed by atoms with Crippen LogP contribution >= 0.6 is 0 Å². The van der Waals surface area contributed by atoms with Gasteiger partial charge < -0.3 is 4.90 Å². The van der Waals surface area contributed by atoms with Crippen molar-refractivity contribution >= 4 is 15.9 Å². The van der Waals surface area contributed by atoms with Crippen LogP contribution in [0.4, 0.5) is 0 Å². The van der Waals surface area contributed by atoms with Crippen LogP contribution in [0.1, 0.15) is 35.7 Å². The van der Waals surface area contributed by atoms with Crippen LogP contribution in [0.2, 0.25) is 0 Å². The minimum Gasteiger partial charge on any atom is -0.336 e. The number of carbonyl (C=O) groups excluding carboxylic acids is 1. The Bertz CT molecular complexity index is 772. The first-order chi connectivity index (χ1) is 12.3. The number of rotatable bonds is 4. The van der Waals surface area contributed by atoms with Gasteiger partial charge in [-0.05, 0) is 31.4 Å². The van der Waals surface area contributed by atoms with Crippen LogP contribution in [0, 0.1) is 6.92 Å². The Kier molecular flexibility index (Phi) is 5.42. The van der Waals surface area contributed by atoms with E-state index in [1.54, 1.807) is 4.31 Å². The smallest absolute Gasteiger partial charge is 0.254 e. The van der Waals surface area contributed by atoms with E-state index >= 15 is 0 Å². The molecule has 2 aliphatic heterocycles. The number of carbonyl (C=O) groups is 1. The average Bonchev–Trinajstić information content (AvgIpc) is 3.08. The zero-order valence-corrected chi connectivity index (χ0v) is 16.8. The van der Waals surface area contributed by atoms with E-state index in [9.17, 15) is 13.2 Å². The Morgan fingerprint density at radius 2 is 1.77 bits per heavy atom. The number of hydrogen-bond acceptors (Lipinski definition) is 4. The highest BCUT2D eigenvalue weighted by Crippen LogP contribution is 2.33. The summed E-state index contributed by atoms with van der Waals surface area (Å²) in [4.78, 5) is 17.1. The fraction of sp³-hybridized carbons (Fsp3) is 0.632. The number of piperazine rings is 1. The van der Waals surface area contributed by atoms with Gasteiger partial charge in [0.15, 0.2) is 0 Å². The molecule has 7 heteroatoms. The molecular formula is C19H29N3O3S. The second-order valence-corrected chi connectivity index (χ2v) is 9.50. The van der Waals surface area contributed by atoms with Crippen LogP contribution in [0.25, 0.3) is 0 Å². The van der Waals surface area contributed by atoms with Gasteiger partial charge in [-0.1, -0.05) is 25.1 Å². The van der Waals surface area contributed by atoms with Crippen molar-refractivity contribution in [3.63, 3.8) is 0 Å². The lowest BCUT2D eigenvalue weighted by Gasteiger charge is -2.45. The number of aryl methyl sites for hydroxylation is 1. The Hall–Kier alpha value is -1.44. The predicted molar refractivity (Wildman–Crippen MR) is 103 cm³/mol. The topological polar surface area (TPSA) is 60.9 Å². The summed E-state index contributed by atoms with van der Waals surface area (Å²) in [5, 5.41) is 0. The van der Waals surface area contributed by atoms with E-state index in [-0.39, 0.29) is 11.4 Å². The Morgan fingerprint density at radius 1 is 1.12 bits per heavy atom. The average molecular weight is 380 g/mol. The van der Waals surface area contributed by atoms with Gasteiger partial charge in [0.05, 0.1) is 6.26 Å². The van der Waals surface area contributed by atoms with Gasteiger partial charge in [-0.3, -0.25) is 9.69 Å². The lowest BCUT2D eigenvalue weighted by Crippen LogP contribution is -2.59. The molecule has 2 aliphatic rings. The van der Waals surface area contributed by atoms with Crippen LogP contribution in [-0.2, 0) is 10.0 Å². The molecule has 26 heavy (non-hydrogen) atoms. The summed E-state index contributed by atoms with van der Waals surface area (Å²) in [6, 6.07) is 7.70. The van der Waals surface area contributed by atoms with Crippen LogP contribution in [0.5, 0.6) is 0 Å². The lowest BCUT2D eigenvalue weighted by atomic mass is 9.92. The summed E-state index contributed by atoms with van der Waals surface area (Å²) in [6.07, 6.45) is 3.07. The number of sulfonamides is 1. The van der Waals surface area contributed by atoms with Crippen molar-refractivity contribution in [1.82, 2.24) is 14.1 Å². The van der Waals surface area contributed by atoms with E-state index in [2.05, 4.69) is 11.8 Å². The molecule has 2 heterocycles. The van der Waals surface area contributed by atoms with Gasteiger partial charge in [-0.25, -0.2) is 12.7 Å². The molecule has 0 saturated carbocycles. The predicted octanol–water partition coefficient (Wildman–Crippen LogP) is 1.57. The SMILES string of the molecule is CC[C@]1(N2CCN(C(=O)c3ccccc3C)CC2)CCN(S(C)(=O)=O)C1. The van der Waals surface area contributed by atoms with Gasteiger partial charge in [0.25, 0.3) is 5.91 Å². The molecule has 1 amide bonds. The summed E-state index contributed by atoms with van der Waals surface area (Å²) >= 11 is 0. The lowest BCUT2D eigenvalue weighted by molar-refractivity contribution is 0.0312. The molecular weight excluding hydrogens is 350 g/mol. The first-order valence-electron chi connectivity index (χ1n) is 9.32. The highest BCUT2D eigenvalue weighted by Gasteiger charge is 2.45. The molecule has 2 fully saturated rings. The number of benzene rings is 1. The Morgan fingerprint density at radius 3 is 2.31 bits per heavy atom. The summed E-state index contributed by atoms with van der Waals surface area (Å²) < 4.78 is 25.4. The maximum absolute atomic E-state index is 12.8. The molecule has 0 radical (unpaired) electrons. The molecule has 0 N–H and O–H groups in total. The van der Waals surface area contributed by atoms with Crippen molar-refractivity contribution < 1.29 is 13.2 Å². The van der Waals surface area contributed by atoms with Gasteiger partial charge in [0, 0.05) is 50.4 Å². The third-order valence-electron chi connectivity index (χ3n) is 6.04. The molecule has 1 aromatic carbocycles. The van der Waals surface area contributed by atoms with Gasteiger partial charge in [-0.15, -0.1) is 0 Å². The molecule has 144 valence electrons. The highest BCUT2D eigenvalue weighted by molar-refractivity contribution is 7.88. The van der Waals surface area contributed by atoms with E-state index in [0.29, 0.717) is 26.2 Å². The van der Waals surface area contributed by atoms with Crippen molar-refractivity contribution in [2.75, 3.05) is 45.5 Å². The molecule has 0 spiro atoms. The van der Waals surface area contributed by atoms with Crippen LogP contribution in [-0.4, -0.2) is 79.5 Å². The van der Waals surface area contributed by atoms with Gasteiger partial charge >= 0.3 is 0 Å². The second kappa shape index (κ2) is 7.29. The van der Waals surface area contributed by atoms with E-state index < -0.39 is 10.0 Å². The fourth-order valence-electron chi connectivity index (χ4n) is 4.24. The minimum atomic E-state index is -3.15. The van der Waals surface area contributed by atoms with Crippen molar-refractivity contribution in [2.45, 2.75) is 32.2 Å². The largest absolute Gasteiger partial charge is 0.336 e. The van der Waals surface area contributed by atoms with Gasteiger partial charge in [0.2, 0.25) is 10.0 Å². The first-order valence-corrected chi connectivity index (χ1v) is 11.2. The number of amides is 1. The van der Waals surface area contributed by atoms with Crippen molar-refractivity contribution in [1.29, 1.82) is 0 Å². The molecule has 0 bridgehead atoms. The normalized spacial score (nSPS) is 25.6. The summed E-state index contributed by atoms with van der Waals surface area (Å²) in [6.45, 7) is 8.22. The van der Waals surface area contributed by atoms with E-state index in [0.717, 1.165) is 37.1 Å². The van der Waals surface area contributed by atoms with E-state index in [1.165, 1.54) is 6.26 Å². The molecule has 1 aromatic rings. The standard InChI is InChI=1S/C19H29N3O3S/c1-4-19(9-10-22(15-19)26(3,24)25)21-13-11-20(12-14-21)18(23)17-8-6-5-7-16(17)2/h5-8H,4,9-15H2,1-3H3/t19-/m0/s1. The van der Waals surface area contributed by atoms with Crippen molar-refractivity contribution in [3.8, 4) is 0 Å². The van der Waals surface area contributed by atoms with Gasteiger partial charge in [-0.2, -0.15) is 0 Å². The van der Waals surface area contributed by atoms with Crippen molar-refractivity contribution in [2.24, 2.45) is 0 Å². The summed E-state index contributed by atoms with van der Waals surface area (Å²) in [5.41, 5.74) is 1.68. The van der Waals surface area contributed by atoms with Gasteiger partial charge in [0.1, 0.15) is 0 Å². The third kappa shape index (κ3) is 3.66. The Balaban J connectivity index is 1.66. The molecule has 3 rings (SSSR count). The summed E-state index contributed by atoms with van der Waals surface area (Å²) in [5.74, 6) is 0.0949. The maximum Gasteiger partial charge on any atom is 0.254 e. The van der Waals surface area contributed by atoms with Crippen LogP contribution in [0.15, 0.2) is 24.3 Å². The van der Waals surface area contributed by atoms with E-state index in [4.69, 9.17) is 0 Å². The molecule has 0 unspecified atom stereocenters. The third-order valence-corrected chi connectivity index (χ3v) is 7.29. The molecule has 0 aromatic heterocycles. The Labute approximate surface area is 156 Å². The molecule has 0 aliphatic carbocycles. The first kappa shape index (κ1) is 19.3.